The highest BCUT2D eigenvalue weighted by atomic mass is 32.2. The zero-order valence-corrected chi connectivity index (χ0v) is 12.5. The molecule has 118 valence electrons. The molecule has 0 fully saturated rings. The van der Waals surface area contributed by atoms with E-state index >= 15 is 0 Å². The maximum Gasteiger partial charge on any atom is 0.321 e. The molecule has 21 heavy (non-hydrogen) atoms. The normalized spacial score (nSPS) is 12.9. The molecule has 0 bridgehead atoms. The van der Waals surface area contributed by atoms with Gasteiger partial charge in [0.1, 0.15) is 11.8 Å². The van der Waals surface area contributed by atoms with Crippen molar-refractivity contribution < 1.29 is 28.2 Å². The van der Waals surface area contributed by atoms with Crippen molar-refractivity contribution in [1.29, 1.82) is 0 Å². The third-order valence-corrected chi connectivity index (χ3v) is 4.11. The minimum absolute atomic E-state index is 0.0597. The van der Waals surface area contributed by atoms with Gasteiger partial charge < -0.3 is 14.9 Å². The Morgan fingerprint density at radius 2 is 1.95 bits per heavy atom. The predicted octanol–water partition coefficient (Wildman–Crippen LogP) is 0.589. The van der Waals surface area contributed by atoms with Gasteiger partial charge in [0.25, 0.3) is 0 Å². The third kappa shape index (κ3) is 5.33. The number of ether oxygens (including phenoxy) is 1. The molecule has 1 aromatic rings. The molecular weight excluding hydrogens is 298 g/mol. The first-order chi connectivity index (χ1) is 9.90. The average molecular weight is 317 g/mol. The first kappa shape index (κ1) is 17.4. The molecule has 8 heteroatoms. The number of hydrogen-bond donors (Lipinski definition) is 3. The van der Waals surface area contributed by atoms with E-state index < -0.39 is 28.6 Å². The molecule has 3 N–H and O–H groups in total. The number of benzene rings is 1. The van der Waals surface area contributed by atoms with Gasteiger partial charge in [-0.3, -0.25) is 4.79 Å². The van der Waals surface area contributed by atoms with Gasteiger partial charge in [-0.05, 0) is 37.1 Å². The van der Waals surface area contributed by atoms with E-state index in [1.54, 1.807) is 0 Å². The monoisotopic (exact) mass is 317 g/mol. The molecule has 0 saturated carbocycles. The summed E-state index contributed by atoms with van der Waals surface area (Å²) in [5, 5.41) is 17.7. The standard InChI is InChI=1S/C13H19NO6S/c1-2-9-20-10-3-5-11(6-4-10)21(18,19)14-12(7-8-15)13(16)17/h3-6,12,14-15H,2,7-9H2,1H3,(H,16,17)/t12-/m1/s1. The van der Waals surface area contributed by atoms with Crippen molar-refractivity contribution in [2.45, 2.75) is 30.7 Å². The van der Waals surface area contributed by atoms with Crippen molar-refractivity contribution in [3.8, 4) is 5.75 Å². The summed E-state index contributed by atoms with van der Waals surface area (Å²) in [6.07, 6.45) is 0.634. The van der Waals surface area contributed by atoms with Crippen LogP contribution >= 0.6 is 0 Å². The Hall–Kier alpha value is -1.64. The second kappa shape index (κ2) is 7.96. The molecule has 0 unspecified atom stereocenters. The van der Waals surface area contributed by atoms with Crippen molar-refractivity contribution in [1.82, 2.24) is 4.72 Å². The minimum Gasteiger partial charge on any atom is -0.494 e. The number of hydrogen-bond acceptors (Lipinski definition) is 5. The Balaban J connectivity index is 2.84. The molecule has 1 aromatic carbocycles. The number of carboxylic acid groups (broad SMARTS) is 1. The van der Waals surface area contributed by atoms with Crippen molar-refractivity contribution in [2.75, 3.05) is 13.2 Å². The van der Waals surface area contributed by atoms with Gasteiger partial charge in [-0.1, -0.05) is 6.92 Å². The van der Waals surface area contributed by atoms with Crippen LogP contribution in [-0.2, 0) is 14.8 Å². The molecule has 0 aliphatic heterocycles. The fraction of sp³-hybridized carbons (Fsp3) is 0.462. The Labute approximate surface area is 123 Å². The van der Waals surface area contributed by atoms with Gasteiger partial charge in [-0.2, -0.15) is 4.72 Å². The molecule has 0 aliphatic carbocycles. The van der Waals surface area contributed by atoms with E-state index in [1.165, 1.54) is 24.3 Å². The van der Waals surface area contributed by atoms with Gasteiger partial charge in [0, 0.05) is 6.61 Å². The van der Waals surface area contributed by atoms with E-state index in [2.05, 4.69) is 0 Å². The zero-order chi connectivity index (χ0) is 15.9. The number of aliphatic carboxylic acids is 1. The molecule has 0 radical (unpaired) electrons. The molecule has 0 amide bonds. The molecule has 1 rings (SSSR count). The number of rotatable bonds is 9. The van der Waals surface area contributed by atoms with E-state index in [-0.39, 0.29) is 11.3 Å². The second-order valence-electron chi connectivity index (χ2n) is 4.34. The number of carboxylic acids is 1. The minimum atomic E-state index is -3.96. The van der Waals surface area contributed by atoms with Crippen LogP contribution in [0.1, 0.15) is 19.8 Å². The summed E-state index contributed by atoms with van der Waals surface area (Å²) in [6, 6.07) is 4.32. The van der Waals surface area contributed by atoms with Gasteiger partial charge in [0.15, 0.2) is 0 Å². The van der Waals surface area contributed by atoms with Crippen LogP contribution < -0.4 is 9.46 Å². The molecule has 0 aliphatic rings. The summed E-state index contributed by atoms with van der Waals surface area (Å²) < 4.78 is 31.5. The number of aliphatic hydroxyl groups is 1. The van der Waals surface area contributed by atoms with Crippen LogP contribution in [0.2, 0.25) is 0 Å². The Bertz CT molecular complexity index is 555. The number of carbonyl (C=O) groups is 1. The van der Waals surface area contributed by atoms with Gasteiger partial charge in [0.05, 0.1) is 11.5 Å². The van der Waals surface area contributed by atoms with Crippen LogP contribution in [0.5, 0.6) is 5.75 Å². The van der Waals surface area contributed by atoms with Gasteiger partial charge in [0.2, 0.25) is 10.0 Å². The van der Waals surface area contributed by atoms with E-state index in [9.17, 15) is 13.2 Å². The van der Waals surface area contributed by atoms with Crippen LogP contribution in [0.3, 0.4) is 0 Å². The van der Waals surface area contributed by atoms with Gasteiger partial charge in [-0.25, -0.2) is 8.42 Å². The lowest BCUT2D eigenvalue weighted by Crippen LogP contribution is -2.41. The number of sulfonamides is 1. The van der Waals surface area contributed by atoms with Gasteiger partial charge >= 0.3 is 5.97 Å². The van der Waals surface area contributed by atoms with Crippen molar-refractivity contribution in [3.63, 3.8) is 0 Å². The van der Waals surface area contributed by atoms with Crippen LogP contribution in [0, 0.1) is 0 Å². The van der Waals surface area contributed by atoms with Gasteiger partial charge in [-0.15, -0.1) is 0 Å². The summed E-state index contributed by atoms with van der Waals surface area (Å²) in [6.45, 7) is 2.06. The molecule has 0 aromatic heterocycles. The highest BCUT2D eigenvalue weighted by molar-refractivity contribution is 7.89. The van der Waals surface area contributed by atoms with Crippen LogP contribution in [0.25, 0.3) is 0 Å². The zero-order valence-electron chi connectivity index (χ0n) is 11.7. The van der Waals surface area contributed by atoms with Crippen molar-refractivity contribution in [3.05, 3.63) is 24.3 Å². The van der Waals surface area contributed by atoms with E-state index in [4.69, 9.17) is 14.9 Å². The first-order valence-electron chi connectivity index (χ1n) is 6.49. The first-order valence-corrected chi connectivity index (χ1v) is 7.98. The van der Waals surface area contributed by atoms with E-state index in [0.29, 0.717) is 12.4 Å². The van der Waals surface area contributed by atoms with Crippen LogP contribution in [-0.4, -0.2) is 43.9 Å². The Kier molecular flexibility index (Phi) is 6.60. The number of nitrogens with one attached hydrogen (secondary N) is 1. The fourth-order valence-electron chi connectivity index (χ4n) is 1.55. The SMILES string of the molecule is CCCOc1ccc(S(=O)(=O)N[C@H](CCO)C(=O)O)cc1. The maximum absolute atomic E-state index is 12.1. The summed E-state index contributed by atoms with van der Waals surface area (Å²) in [4.78, 5) is 10.9. The molecular formula is C13H19NO6S. The highest BCUT2D eigenvalue weighted by Gasteiger charge is 2.24. The molecule has 0 saturated heterocycles. The second-order valence-corrected chi connectivity index (χ2v) is 6.06. The Morgan fingerprint density at radius 1 is 1.33 bits per heavy atom. The summed E-state index contributed by atoms with van der Waals surface area (Å²) in [5.74, 6) is -0.795. The van der Waals surface area contributed by atoms with Crippen molar-refractivity contribution in [2.24, 2.45) is 0 Å². The largest absolute Gasteiger partial charge is 0.494 e. The molecule has 0 heterocycles. The van der Waals surface area contributed by atoms with Crippen LogP contribution in [0.4, 0.5) is 0 Å². The van der Waals surface area contributed by atoms with Crippen molar-refractivity contribution >= 4 is 16.0 Å². The maximum atomic E-state index is 12.1. The van der Waals surface area contributed by atoms with E-state index in [1.807, 2.05) is 11.6 Å². The lowest BCUT2D eigenvalue weighted by atomic mass is 10.2. The average Bonchev–Trinajstić information content (AvgIpc) is 2.45. The van der Waals surface area contributed by atoms with E-state index in [0.717, 1.165) is 6.42 Å². The Morgan fingerprint density at radius 3 is 2.43 bits per heavy atom. The highest BCUT2D eigenvalue weighted by Crippen LogP contribution is 2.16. The fourth-order valence-corrected chi connectivity index (χ4v) is 2.78. The lowest BCUT2D eigenvalue weighted by Gasteiger charge is -2.14. The molecule has 7 nitrogen and oxygen atoms in total. The summed E-state index contributed by atoms with van der Waals surface area (Å²) >= 11 is 0. The molecule has 0 spiro atoms. The lowest BCUT2D eigenvalue weighted by molar-refractivity contribution is -0.139. The number of aliphatic hydroxyl groups excluding tert-OH is 1. The predicted molar refractivity (Wildman–Crippen MR) is 75.7 cm³/mol. The summed E-state index contributed by atoms with van der Waals surface area (Å²) in [7, 11) is -3.96. The summed E-state index contributed by atoms with van der Waals surface area (Å²) in [5.41, 5.74) is 0. The topological polar surface area (TPSA) is 113 Å². The third-order valence-electron chi connectivity index (χ3n) is 2.62. The smallest absolute Gasteiger partial charge is 0.321 e. The molecule has 1 atom stereocenters. The van der Waals surface area contributed by atoms with Crippen LogP contribution in [0.15, 0.2) is 29.2 Å². The quantitative estimate of drug-likeness (QED) is 0.614.